The SMILES string of the molecule is CN(Cc1ccncc1)C(=S)NC1CCCCC1. The summed E-state index contributed by atoms with van der Waals surface area (Å²) >= 11 is 5.46. The van der Waals surface area contributed by atoms with E-state index in [0.29, 0.717) is 6.04 Å². The van der Waals surface area contributed by atoms with Crippen LogP contribution in [0.4, 0.5) is 0 Å². The van der Waals surface area contributed by atoms with E-state index in [1.165, 1.54) is 37.7 Å². The molecule has 2 rings (SSSR count). The molecule has 4 heteroatoms. The summed E-state index contributed by atoms with van der Waals surface area (Å²) in [5.74, 6) is 0. The molecule has 1 aromatic rings. The van der Waals surface area contributed by atoms with Crippen molar-refractivity contribution in [1.29, 1.82) is 0 Å². The first-order valence-electron chi connectivity index (χ1n) is 6.66. The zero-order chi connectivity index (χ0) is 12.8. The standard InChI is InChI=1S/C14H21N3S/c1-17(11-12-7-9-15-10-8-12)14(18)16-13-5-3-2-4-6-13/h7-10,13H,2-6,11H2,1H3,(H,16,18). The molecular weight excluding hydrogens is 242 g/mol. The highest BCUT2D eigenvalue weighted by molar-refractivity contribution is 7.80. The minimum atomic E-state index is 0.575. The Morgan fingerprint density at radius 2 is 2.00 bits per heavy atom. The number of nitrogens with zero attached hydrogens (tertiary/aromatic N) is 2. The van der Waals surface area contributed by atoms with Gasteiger partial charge in [-0.1, -0.05) is 19.3 Å². The molecule has 0 spiro atoms. The van der Waals surface area contributed by atoms with E-state index in [-0.39, 0.29) is 0 Å². The lowest BCUT2D eigenvalue weighted by atomic mass is 9.96. The van der Waals surface area contributed by atoms with Crippen molar-refractivity contribution < 1.29 is 0 Å². The maximum Gasteiger partial charge on any atom is 0.169 e. The molecule has 1 heterocycles. The van der Waals surface area contributed by atoms with Gasteiger partial charge in [0.05, 0.1) is 0 Å². The molecule has 0 atom stereocenters. The Labute approximate surface area is 115 Å². The lowest BCUT2D eigenvalue weighted by Crippen LogP contribution is -2.43. The normalized spacial score (nSPS) is 16.3. The number of nitrogens with one attached hydrogen (secondary N) is 1. The van der Waals surface area contributed by atoms with Gasteiger partial charge in [0.1, 0.15) is 0 Å². The van der Waals surface area contributed by atoms with Crippen molar-refractivity contribution in [3.8, 4) is 0 Å². The predicted molar refractivity (Wildman–Crippen MR) is 78.3 cm³/mol. The maximum absolute atomic E-state index is 5.46. The highest BCUT2D eigenvalue weighted by Crippen LogP contribution is 2.17. The molecule has 0 saturated heterocycles. The number of hydrogen-bond acceptors (Lipinski definition) is 2. The Morgan fingerprint density at radius 3 is 2.67 bits per heavy atom. The van der Waals surface area contributed by atoms with Crippen molar-refractivity contribution in [1.82, 2.24) is 15.2 Å². The summed E-state index contributed by atoms with van der Waals surface area (Å²) in [7, 11) is 2.04. The fraction of sp³-hybridized carbons (Fsp3) is 0.571. The summed E-state index contributed by atoms with van der Waals surface area (Å²) in [6.07, 6.45) is 10.2. The second-order valence-electron chi connectivity index (χ2n) is 5.00. The molecule has 1 saturated carbocycles. The van der Waals surface area contributed by atoms with Gasteiger partial charge < -0.3 is 10.2 Å². The molecule has 1 N–H and O–H groups in total. The van der Waals surface area contributed by atoms with Crippen LogP contribution in [0.3, 0.4) is 0 Å². The van der Waals surface area contributed by atoms with Crippen LogP contribution in [0, 0.1) is 0 Å². The lowest BCUT2D eigenvalue weighted by molar-refractivity contribution is 0.392. The number of pyridine rings is 1. The van der Waals surface area contributed by atoms with Gasteiger partial charge in [0.25, 0.3) is 0 Å². The fourth-order valence-corrected chi connectivity index (χ4v) is 2.60. The number of aromatic nitrogens is 1. The average Bonchev–Trinajstić information content (AvgIpc) is 2.41. The van der Waals surface area contributed by atoms with Gasteiger partial charge in [0.15, 0.2) is 5.11 Å². The van der Waals surface area contributed by atoms with Crippen LogP contribution in [-0.4, -0.2) is 28.1 Å². The van der Waals surface area contributed by atoms with Crippen LogP contribution in [0.5, 0.6) is 0 Å². The monoisotopic (exact) mass is 263 g/mol. The van der Waals surface area contributed by atoms with E-state index < -0.39 is 0 Å². The zero-order valence-electron chi connectivity index (χ0n) is 10.9. The molecule has 18 heavy (non-hydrogen) atoms. The van der Waals surface area contributed by atoms with Crippen molar-refractivity contribution in [3.63, 3.8) is 0 Å². The Hall–Kier alpha value is -1.16. The van der Waals surface area contributed by atoms with Crippen LogP contribution in [0.15, 0.2) is 24.5 Å². The Bertz CT molecular complexity index is 374. The Balaban J connectivity index is 1.81. The quantitative estimate of drug-likeness (QED) is 0.849. The number of thiocarbonyl (C=S) groups is 1. The molecule has 3 nitrogen and oxygen atoms in total. The van der Waals surface area contributed by atoms with Crippen LogP contribution < -0.4 is 5.32 Å². The third-order valence-electron chi connectivity index (χ3n) is 3.45. The largest absolute Gasteiger partial charge is 0.360 e. The molecule has 1 aliphatic rings. The van der Waals surface area contributed by atoms with Crippen molar-refractivity contribution in [3.05, 3.63) is 30.1 Å². The van der Waals surface area contributed by atoms with E-state index in [2.05, 4.69) is 15.2 Å². The lowest BCUT2D eigenvalue weighted by Gasteiger charge is -2.28. The second-order valence-corrected chi connectivity index (χ2v) is 5.38. The van der Waals surface area contributed by atoms with Crippen LogP contribution in [0.2, 0.25) is 0 Å². The highest BCUT2D eigenvalue weighted by Gasteiger charge is 2.15. The van der Waals surface area contributed by atoms with E-state index in [9.17, 15) is 0 Å². The fourth-order valence-electron chi connectivity index (χ4n) is 2.37. The molecule has 0 aliphatic heterocycles. The molecule has 1 aromatic heterocycles. The van der Waals surface area contributed by atoms with Gasteiger partial charge in [0.2, 0.25) is 0 Å². The third-order valence-corrected chi connectivity index (χ3v) is 3.88. The van der Waals surface area contributed by atoms with Gasteiger partial charge >= 0.3 is 0 Å². The van der Waals surface area contributed by atoms with Crippen LogP contribution >= 0.6 is 12.2 Å². The van der Waals surface area contributed by atoms with Gasteiger partial charge in [-0.05, 0) is 42.8 Å². The van der Waals surface area contributed by atoms with Gasteiger partial charge in [-0.15, -0.1) is 0 Å². The third kappa shape index (κ3) is 3.95. The van der Waals surface area contributed by atoms with Crippen LogP contribution in [0.1, 0.15) is 37.7 Å². The predicted octanol–water partition coefficient (Wildman–Crippen LogP) is 2.72. The first-order valence-corrected chi connectivity index (χ1v) is 7.07. The summed E-state index contributed by atoms with van der Waals surface area (Å²) < 4.78 is 0. The Morgan fingerprint density at radius 1 is 1.33 bits per heavy atom. The second kappa shape index (κ2) is 6.69. The van der Waals surface area contributed by atoms with E-state index >= 15 is 0 Å². The van der Waals surface area contributed by atoms with Gasteiger partial charge in [-0.2, -0.15) is 0 Å². The minimum Gasteiger partial charge on any atom is -0.360 e. The number of rotatable bonds is 3. The van der Waals surface area contributed by atoms with E-state index in [4.69, 9.17) is 12.2 Å². The average molecular weight is 263 g/mol. The molecule has 0 bridgehead atoms. The number of hydrogen-bond donors (Lipinski definition) is 1. The summed E-state index contributed by atoms with van der Waals surface area (Å²) in [4.78, 5) is 6.12. The Kier molecular flexibility index (Phi) is 4.93. The molecule has 1 fully saturated rings. The van der Waals surface area contributed by atoms with Crippen molar-refractivity contribution in [2.75, 3.05) is 7.05 Å². The topological polar surface area (TPSA) is 28.2 Å². The molecule has 98 valence electrons. The highest BCUT2D eigenvalue weighted by atomic mass is 32.1. The van der Waals surface area contributed by atoms with E-state index in [1.807, 2.05) is 31.6 Å². The van der Waals surface area contributed by atoms with Crippen molar-refractivity contribution in [2.45, 2.75) is 44.7 Å². The first-order chi connectivity index (χ1) is 8.75. The molecule has 1 aliphatic carbocycles. The summed E-state index contributed by atoms with van der Waals surface area (Å²) in [5, 5.41) is 4.34. The van der Waals surface area contributed by atoms with Crippen molar-refractivity contribution in [2.24, 2.45) is 0 Å². The molecule has 0 radical (unpaired) electrons. The van der Waals surface area contributed by atoms with Gasteiger partial charge in [-0.3, -0.25) is 4.98 Å². The van der Waals surface area contributed by atoms with Gasteiger partial charge in [0, 0.05) is 32.0 Å². The first kappa shape index (κ1) is 13.3. The molecule has 0 aromatic carbocycles. The molecule has 0 amide bonds. The summed E-state index contributed by atoms with van der Waals surface area (Å²) in [6.45, 7) is 0.834. The molecule has 0 unspecified atom stereocenters. The summed E-state index contributed by atoms with van der Waals surface area (Å²) in [5.41, 5.74) is 1.24. The minimum absolute atomic E-state index is 0.575. The zero-order valence-corrected chi connectivity index (χ0v) is 11.7. The maximum atomic E-state index is 5.46. The summed E-state index contributed by atoms with van der Waals surface area (Å²) in [6, 6.07) is 4.63. The van der Waals surface area contributed by atoms with E-state index in [1.54, 1.807) is 0 Å². The van der Waals surface area contributed by atoms with Crippen LogP contribution in [0.25, 0.3) is 0 Å². The van der Waals surface area contributed by atoms with Crippen molar-refractivity contribution >= 4 is 17.3 Å². The van der Waals surface area contributed by atoms with E-state index in [0.717, 1.165) is 11.7 Å². The van der Waals surface area contributed by atoms with Crippen LogP contribution in [-0.2, 0) is 6.54 Å². The smallest absolute Gasteiger partial charge is 0.169 e. The molecular formula is C14H21N3S. The van der Waals surface area contributed by atoms with Gasteiger partial charge in [-0.25, -0.2) is 0 Å².